The van der Waals surface area contributed by atoms with Crippen LogP contribution in [0.4, 0.5) is 38.0 Å². The number of halogens is 3. The van der Waals surface area contributed by atoms with Crippen LogP contribution in [0.2, 0.25) is 0 Å². The van der Waals surface area contributed by atoms with Crippen molar-refractivity contribution in [2.24, 2.45) is 15.0 Å². The van der Waals surface area contributed by atoms with E-state index in [2.05, 4.69) is 36.2 Å². The lowest BCUT2D eigenvalue weighted by Gasteiger charge is -2.21. The number of hydrogen-bond acceptors (Lipinski definition) is 10. The summed E-state index contributed by atoms with van der Waals surface area (Å²) >= 11 is 0. The second kappa shape index (κ2) is 25.0. The van der Waals surface area contributed by atoms with Gasteiger partial charge in [0.15, 0.2) is 0 Å². The van der Waals surface area contributed by atoms with Crippen molar-refractivity contribution in [1.29, 1.82) is 0 Å². The van der Waals surface area contributed by atoms with Crippen molar-refractivity contribution in [1.82, 2.24) is 25.1 Å². The third kappa shape index (κ3) is 25.4. The van der Waals surface area contributed by atoms with Crippen molar-refractivity contribution in [3.8, 4) is 5.75 Å². The van der Waals surface area contributed by atoms with Gasteiger partial charge in [0, 0.05) is 37.7 Å². The van der Waals surface area contributed by atoms with Gasteiger partial charge in [-0.15, -0.1) is 9.98 Å². The van der Waals surface area contributed by atoms with E-state index >= 15 is 0 Å². The van der Waals surface area contributed by atoms with E-state index in [0.29, 0.717) is 43.8 Å². The number of rotatable bonds is 15. The third-order valence-corrected chi connectivity index (χ3v) is 7.86. The lowest BCUT2D eigenvalue weighted by atomic mass is 10.1. The Balaban J connectivity index is 1.95. The second-order valence-electron chi connectivity index (χ2n) is 18.9. The number of hydrogen-bond donors (Lipinski definition) is 4. The predicted octanol–water partition coefficient (Wildman–Crippen LogP) is 8.72. The number of amides is 5. The summed E-state index contributed by atoms with van der Waals surface area (Å²) in [5, 5.41) is 10.6. The topological polar surface area (TPSA) is 227 Å². The summed E-state index contributed by atoms with van der Waals surface area (Å²) in [5.74, 6) is -2.10. The average Bonchev–Trinajstić information content (AvgIpc) is 3.49. The predicted molar refractivity (Wildman–Crippen MR) is 241 cm³/mol. The Morgan fingerprint density at radius 3 is 1.50 bits per heavy atom. The lowest BCUT2D eigenvalue weighted by molar-refractivity contribution is -0.169. The highest BCUT2D eigenvalue weighted by Crippen LogP contribution is 2.18. The number of aromatic nitrogens is 2. The Bertz CT molecular complexity index is 2050. The molecule has 0 radical (unpaired) electrons. The Morgan fingerprint density at radius 2 is 1.02 bits per heavy atom. The zero-order valence-corrected chi connectivity index (χ0v) is 40.2. The minimum Gasteiger partial charge on any atom is -0.494 e. The molecule has 0 saturated carbocycles. The van der Waals surface area contributed by atoms with Crippen LogP contribution in [0.3, 0.4) is 0 Å². The van der Waals surface area contributed by atoms with E-state index in [0.717, 1.165) is 25.7 Å². The van der Waals surface area contributed by atoms with E-state index in [-0.39, 0.29) is 30.7 Å². The van der Waals surface area contributed by atoms with Crippen molar-refractivity contribution in [3.63, 3.8) is 0 Å². The molecule has 1 aromatic carbocycles. The van der Waals surface area contributed by atoms with Crippen LogP contribution in [-0.4, -0.2) is 93.1 Å². The summed E-state index contributed by atoms with van der Waals surface area (Å²) in [6.45, 7) is 21.3. The molecule has 5 amide bonds. The van der Waals surface area contributed by atoms with Gasteiger partial charge in [0.25, 0.3) is 0 Å². The van der Waals surface area contributed by atoms with Crippen LogP contribution < -0.4 is 31.6 Å². The molecule has 0 spiro atoms. The number of aryl methyl sites for hydroxylation is 2. The Labute approximate surface area is 384 Å². The minimum absolute atomic E-state index is 0.100. The second-order valence-corrected chi connectivity index (χ2v) is 18.9. The van der Waals surface area contributed by atoms with Crippen molar-refractivity contribution in [3.05, 3.63) is 42.3 Å². The minimum atomic E-state index is -5.14. The zero-order valence-electron chi connectivity index (χ0n) is 40.2. The summed E-state index contributed by atoms with van der Waals surface area (Å²) in [6.07, 6.45) is -0.604. The van der Waals surface area contributed by atoms with Crippen LogP contribution in [-0.2, 0) is 36.8 Å². The van der Waals surface area contributed by atoms with Gasteiger partial charge in [-0.2, -0.15) is 18.2 Å². The van der Waals surface area contributed by atoms with Crippen molar-refractivity contribution >= 4 is 47.9 Å². The molecule has 0 atom stereocenters. The number of imidazole rings is 1. The summed E-state index contributed by atoms with van der Waals surface area (Å²) < 4.78 is 69.7. The Hall–Kier alpha value is -6.09. The number of alkyl carbamates (subject to hydrolysis) is 2. The van der Waals surface area contributed by atoms with Crippen LogP contribution >= 0.6 is 0 Å². The zero-order chi connectivity index (χ0) is 49.9. The van der Waals surface area contributed by atoms with Gasteiger partial charge in [-0.3, -0.25) is 15.4 Å². The standard InChI is InChI=1S/C44H68F3N9O10/c1-40(2,3)63-36(58)51-33(52-37(59)64-41(4,5)6)48-24-17-15-13-14-16-18-25-55-27-28-56(35(55)50-32(57)44(45,46)47)26-19-29-62-31-22-20-30(21-23-31)49-34(53-38(60)65-42(7,8)9)54-39(61)66-43(10,11)12/h20-23,27-28H,13-19,24-26,29H2,1-12H3,(H2,48,51,52,58,59)(H2,49,53,54,60,61)/b50-35+. The van der Waals surface area contributed by atoms with Gasteiger partial charge >= 0.3 is 36.5 Å². The number of carbonyl (C=O) groups is 5. The molecule has 0 bridgehead atoms. The first-order valence-corrected chi connectivity index (χ1v) is 21.7. The molecule has 0 aliphatic rings. The molecule has 2 rings (SSSR count). The van der Waals surface area contributed by atoms with Crippen molar-refractivity contribution in [2.75, 3.05) is 18.5 Å². The van der Waals surface area contributed by atoms with Gasteiger partial charge in [-0.1, -0.05) is 25.7 Å². The average molecular weight is 940 g/mol. The summed E-state index contributed by atoms with van der Waals surface area (Å²) in [6, 6.07) is 6.46. The van der Waals surface area contributed by atoms with E-state index in [1.807, 2.05) is 0 Å². The molecule has 2 aromatic rings. The Morgan fingerprint density at radius 1 is 0.576 bits per heavy atom. The number of benzene rings is 1. The van der Waals surface area contributed by atoms with Crippen LogP contribution in [0, 0.1) is 0 Å². The lowest BCUT2D eigenvalue weighted by Crippen LogP contribution is -2.44. The van der Waals surface area contributed by atoms with E-state index in [1.165, 1.54) is 9.13 Å². The molecule has 0 unspecified atom stereocenters. The molecule has 0 fully saturated rings. The van der Waals surface area contributed by atoms with Gasteiger partial charge in [-0.05, 0) is 127 Å². The van der Waals surface area contributed by atoms with Crippen molar-refractivity contribution in [2.45, 2.75) is 170 Å². The maximum Gasteiger partial charge on any atom is 0.473 e. The molecule has 4 N–H and O–H groups in total. The fourth-order valence-electron chi connectivity index (χ4n) is 5.36. The number of nitrogens with one attached hydrogen (secondary N) is 4. The van der Waals surface area contributed by atoms with Crippen LogP contribution in [0.15, 0.2) is 51.6 Å². The van der Waals surface area contributed by atoms with E-state index in [9.17, 15) is 37.1 Å². The van der Waals surface area contributed by atoms with Gasteiger partial charge < -0.3 is 43.5 Å². The maximum absolute atomic E-state index is 13.3. The van der Waals surface area contributed by atoms with E-state index in [1.54, 1.807) is 120 Å². The number of guanidine groups is 2. The number of alkyl halides is 3. The highest BCUT2D eigenvalue weighted by Gasteiger charge is 2.39. The first-order chi connectivity index (χ1) is 30.4. The van der Waals surface area contributed by atoms with Crippen LogP contribution in [0.1, 0.15) is 128 Å². The maximum atomic E-state index is 13.3. The van der Waals surface area contributed by atoms with Gasteiger partial charge in [0.05, 0.1) is 6.61 Å². The molecule has 0 aliphatic heterocycles. The fourth-order valence-corrected chi connectivity index (χ4v) is 5.36. The number of nitrogens with zero attached hydrogens (tertiary/aromatic N) is 5. The smallest absolute Gasteiger partial charge is 0.473 e. The Kier molecular flexibility index (Phi) is 21.2. The number of ether oxygens (including phenoxy) is 5. The highest BCUT2D eigenvalue weighted by atomic mass is 19.4. The first kappa shape index (κ1) is 56.0. The quantitative estimate of drug-likeness (QED) is 0.0569. The summed E-state index contributed by atoms with van der Waals surface area (Å²) in [4.78, 5) is 72.4. The monoisotopic (exact) mass is 940 g/mol. The third-order valence-electron chi connectivity index (χ3n) is 7.86. The molecule has 0 aliphatic carbocycles. The molecule has 0 saturated heterocycles. The van der Waals surface area contributed by atoms with Crippen LogP contribution in [0.5, 0.6) is 5.75 Å². The highest BCUT2D eigenvalue weighted by molar-refractivity contribution is 6.06. The molecule has 370 valence electrons. The molecule has 1 aromatic heterocycles. The molecular weight excluding hydrogens is 872 g/mol. The molecule has 22 heteroatoms. The largest absolute Gasteiger partial charge is 0.494 e. The number of anilines is 1. The normalized spacial score (nSPS) is 13.1. The number of unbranched alkanes of at least 4 members (excludes halogenated alkanes) is 5. The van der Waals surface area contributed by atoms with E-state index < -0.39 is 58.9 Å². The first-order valence-electron chi connectivity index (χ1n) is 21.7. The van der Waals surface area contributed by atoms with Crippen molar-refractivity contribution < 1.29 is 60.8 Å². The van der Waals surface area contributed by atoms with Gasteiger partial charge in [-0.25, -0.2) is 19.2 Å². The summed E-state index contributed by atoms with van der Waals surface area (Å²) in [5.41, 5.74) is -2.90. The molecule has 66 heavy (non-hydrogen) atoms. The summed E-state index contributed by atoms with van der Waals surface area (Å²) in [7, 11) is 0. The number of aliphatic imine (C=N–C) groups is 2. The van der Waals surface area contributed by atoms with Gasteiger partial charge in [0.2, 0.25) is 17.5 Å². The SMILES string of the molecule is CC(C)(C)OC(=O)/N=C(/NCCCCCCCCn1ccn(CCCOc2ccc(N/C(=N\C(=O)OC(C)(C)C)NC(=O)OC(C)(C)C)cc2)/c1=N/C(=O)C(F)(F)F)NC(=O)OC(C)(C)C. The number of carbonyl (C=O) groups excluding carboxylic acids is 5. The molecular formula is C44H68F3N9O10. The fraction of sp³-hybridized carbons (Fsp3) is 0.636. The molecule has 19 nitrogen and oxygen atoms in total. The molecule has 1 heterocycles. The van der Waals surface area contributed by atoms with E-state index in [4.69, 9.17) is 23.7 Å². The van der Waals surface area contributed by atoms with Gasteiger partial charge in [0.1, 0.15) is 28.2 Å². The van der Waals surface area contributed by atoms with Crippen LogP contribution in [0.25, 0.3) is 0 Å².